The Morgan fingerprint density at radius 1 is 1.58 bits per heavy atom. The van der Waals surface area contributed by atoms with Crippen LogP contribution in [0.2, 0.25) is 5.02 Å². The quantitative estimate of drug-likeness (QED) is 0.729. The summed E-state index contributed by atoms with van der Waals surface area (Å²) in [5.41, 5.74) is -0.785. The van der Waals surface area contributed by atoms with E-state index in [0.29, 0.717) is 0 Å². The van der Waals surface area contributed by atoms with E-state index in [4.69, 9.17) is 11.6 Å². The molecule has 0 aliphatic heterocycles. The van der Waals surface area contributed by atoms with Crippen molar-refractivity contribution in [3.05, 3.63) is 32.7 Å². The Bertz CT molecular complexity index is 348. The molecule has 0 aliphatic carbocycles. The van der Waals surface area contributed by atoms with Gasteiger partial charge in [0, 0.05) is 11.8 Å². The van der Waals surface area contributed by atoms with Gasteiger partial charge < -0.3 is 4.98 Å². The summed E-state index contributed by atoms with van der Waals surface area (Å²) in [6.45, 7) is 1.46. The lowest BCUT2D eigenvalue weighted by molar-refractivity contribution is 0.150. The Hall–Kier alpha value is -0.900. The molecule has 2 nitrogen and oxygen atoms in total. The number of aromatic amines is 1. The van der Waals surface area contributed by atoms with Gasteiger partial charge in [0.2, 0.25) is 0 Å². The minimum atomic E-state index is -2.71. The fourth-order valence-corrected chi connectivity index (χ4v) is 1.16. The number of pyridine rings is 1. The lowest BCUT2D eigenvalue weighted by Gasteiger charge is -2.04. The number of hydrogen-bond acceptors (Lipinski definition) is 1. The van der Waals surface area contributed by atoms with Crippen molar-refractivity contribution in [1.82, 2.24) is 4.98 Å². The van der Waals surface area contributed by atoms with Gasteiger partial charge in [-0.15, -0.1) is 0 Å². The molecule has 0 aromatic carbocycles. The van der Waals surface area contributed by atoms with Crippen molar-refractivity contribution in [2.75, 3.05) is 0 Å². The molecule has 1 aromatic heterocycles. The zero-order valence-corrected chi connectivity index (χ0v) is 6.95. The van der Waals surface area contributed by atoms with Crippen LogP contribution in [-0.4, -0.2) is 4.98 Å². The lowest BCUT2D eigenvalue weighted by Crippen LogP contribution is -2.10. The minimum Gasteiger partial charge on any atom is -0.328 e. The summed E-state index contributed by atoms with van der Waals surface area (Å²) < 4.78 is 24.5. The van der Waals surface area contributed by atoms with Gasteiger partial charge in [-0.25, -0.2) is 8.78 Å². The minimum absolute atomic E-state index is 0.287. The van der Waals surface area contributed by atoms with E-state index in [-0.39, 0.29) is 11.1 Å². The molecular weight excluding hydrogens is 188 g/mol. The maximum absolute atomic E-state index is 12.2. The number of aryl methyl sites for hydroxylation is 1. The molecule has 0 fully saturated rings. The van der Waals surface area contributed by atoms with Crippen LogP contribution in [0.4, 0.5) is 8.78 Å². The lowest BCUT2D eigenvalue weighted by atomic mass is 10.2. The average Bonchev–Trinajstić information content (AvgIpc) is 1.97. The van der Waals surface area contributed by atoms with Gasteiger partial charge in [0.1, 0.15) is 5.02 Å². The third kappa shape index (κ3) is 1.48. The monoisotopic (exact) mass is 193 g/mol. The van der Waals surface area contributed by atoms with Crippen molar-refractivity contribution >= 4 is 11.6 Å². The first-order valence-corrected chi connectivity index (χ1v) is 3.57. The molecule has 0 radical (unpaired) electrons. The standard InChI is InChI=1S/C7H6ClF2NO/c1-3-2-11-7(12)5(8)4(3)6(9)10/h2,6H,1H3,(H,11,12). The second-order valence-electron chi connectivity index (χ2n) is 2.33. The van der Waals surface area contributed by atoms with Crippen molar-refractivity contribution in [2.24, 2.45) is 0 Å². The highest BCUT2D eigenvalue weighted by Crippen LogP contribution is 2.26. The maximum atomic E-state index is 12.2. The molecule has 0 atom stereocenters. The van der Waals surface area contributed by atoms with Gasteiger partial charge in [0.15, 0.2) is 0 Å². The van der Waals surface area contributed by atoms with Gasteiger partial charge in [-0.2, -0.15) is 0 Å². The number of alkyl halides is 2. The first-order chi connectivity index (χ1) is 5.54. The summed E-state index contributed by atoms with van der Waals surface area (Å²) >= 11 is 5.37. The SMILES string of the molecule is Cc1c[nH]c(=O)c(Cl)c1C(F)F. The molecular formula is C7H6ClF2NO. The predicted octanol–water partition coefficient (Wildman–Crippen LogP) is 2.27. The van der Waals surface area contributed by atoms with Crippen LogP contribution in [-0.2, 0) is 0 Å². The summed E-state index contributed by atoms with van der Waals surface area (Å²) in [6, 6.07) is 0. The molecule has 5 heteroatoms. The predicted molar refractivity (Wildman–Crippen MR) is 41.8 cm³/mol. The molecule has 0 amide bonds. The molecule has 0 saturated carbocycles. The van der Waals surface area contributed by atoms with Crippen molar-refractivity contribution in [3.63, 3.8) is 0 Å². The Balaban J connectivity index is 3.43. The summed E-state index contributed by atoms with van der Waals surface area (Å²) in [4.78, 5) is 13.0. The molecule has 1 N–H and O–H groups in total. The fraction of sp³-hybridized carbons (Fsp3) is 0.286. The highest BCUT2D eigenvalue weighted by Gasteiger charge is 2.16. The van der Waals surface area contributed by atoms with Crippen molar-refractivity contribution in [3.8, 4) is 0 Å². The molecule has 0 aliphatic rings. The van der Waals surface area contributed by atoms with Crippen molar-refractivity contribution in [1.29, 1.82) is 0 Å². The Morgan fingerprint density at radius 3 is 2.58 bits per heavy atom. The summed E-state index contributed by atoms with van der Waals surface area (Å²) in [6.07, 6.45) is -1.49. The number of aromatic nitrogens is 1. The van der Waals surface area contributed by atoms with Crippen LogP contribution < -0.4 is 5.56 Å². The van der Waals surface area contributed by atoms with Crippen LogP contribution in [0.1, 0.15) is 17.6 Å². The van der Waals surface area contributed by atoms with Gasteiger partial charge in [0.25, 0.3) is 12.0 Å². The second-order valence-corrected chi connectivity index (χ2v) is 2.71. The third-order valence-corrected chi connectivity index (χ3v) is 1.87. The Labute approximate surface area is 72.2 Å². The van der Waals surface area contributed by atoms with Crippen molar-refractivity contribution in [2.45, 2.75) is 13.3 Å². The summed E-state index contributed by atoms with van der Waals surface area (Å²) in [5, 5.41) is -0.426. The number of hydrogen-bond donors (Lipinski definition) is 1. The van der Waals surface area contributed by atoms with Crippen molar-refractivity contribution < 1.29 is 8.78 Å². The van der Waals surface area contributed by atoms with E-state index in [2.05, 4.69) is 4.98 Å². The van der Waals surface area contributed by atoms with Crippen LogP contribution in [0.15, 0.2) is 11.0 Å². The number of H-pyrrole nitrogens is 1. The first-order valence-electron chi connectivity index (χ1n) is 3.20. The molecule has 0 spiro atoms. The van der Waals surface area contributed by atoms with Gasteiger partial charge in [-0.1, -0.05) is 11.6 Å². The van der Waals surface area contributed by atoms with E-state index >= 15 is 0 Å². The fourth-order valence-electron chi connectivity index (χ4n) is 0.878. The van der Waals surface area contributed by atoms with E-state index in [1.165, 1.54) is 13.1 Å². The van der Waals surface area contributed by atoms with Crippen LogP contribution >= 0.6 is 11.6 Å². The topological polar surface area (TPSA) is 32.9 Å². The molecule has 1 heterocycles. The van der Waals surface area contributed by atoms with Gasteiger partial charge >= 0.3 is 0 Å². The molecule has 1 aromatic rings. The third-order valence-electron chi connectivity index (χ3n) is 1.50. The zero-order valence-electron chi connectivity index (χ0n) is 6.20. The van der Waals surface area contributed by atoms with E-state index in [0.717, 1.165) is 0 Å². The van der Waals surface area contributed by atoms with E-state index in [1.54, 1.807) is 0 Å². The van der Waals surface area contributed by atoms with Crippen LogP contribution in [0.25, 0.3) is 0 Å². The summed E-state index contributed by atoms with van der Waals surface area (Å²) in [7, 11) is 0. The maximum Gasteiger partial charge on any atom is 0.267 e. The van der Waals surface area contributed by atoms with E-state index in [9.17, 15) is 13.6 Å². The van der Waals surface area contributed by atoms with Crippen LogP contribution in [0.3, 0.4) is 0 Å². The Kier molecular flexibility index (Phi) is 2.47. The highest BCUT2D eigenvalue weighted by molar-refractivity contribution is 6.31. The zero-order chi connectivity index (χ0) is 9.30. The normalized spacial score (nSPS) is 10.8. The number of rotatable bonds is 1. The van der Waals surface area contributed by atoms with E-state index < -0.39 is 17.0 Å². The first kappa shape index (κ1) is 9.19. The Morgan fingerprint density at radius 2 is 2.17 bits per heavy atom. The van der Waals surface area contributed by atoms with Crippen LogP contribution in [0, 0.1) is 6.92 Å². The van der Waals surface area contributed by atoms with E-state index in [1.807, 2.05) is 0 Å². The average molecular weight is 194 g/mol. The van der Waals surface area contributed by atoms with Gasteiger partial charge in [-0.05, 0) is 12.5 Å². The molecule has 66 valence electrons. The van der Waals surface area contributed by atoms with Gasteiger partial charge in [-0.3, -0.25) is 4.79 Å². The smallest absolute Gasteiger partial charge is 0.267 e. The largest absolute Gasteiger partial charge is 0.328 e. The second kappa shape index (κ2) is 3.23. The molecule has 12 heavy (non-hydrogen) atoms. The number of halogens is 3. The molecule has 0 saturated heterocycles. The van der Waals surface area contributed by atoms with Gasteiger partial charge in [0.05, 0.1) is 0 Å². The number of nitrogens with one attached hydrogen (secondary N) is 1. The van der Waals surface area contributed by atoms with Crippen LogP contribution in [0.5, 0.6) is 0 Å². The molecule has 0 bridgehead atoms. The highest BCUT2D eigenvalue weighted by atomic mass is 35.5. The summed E-state index contributed by atoms with van der Waals surface area (Å²) in [5.74, 6) is 0. The molecule has 0 unspecified atom stereocenters. The molecule has 1 rings (SSSR count).